The normalized spacial score (nSPS) is 21.4. The predicted molar refractivity (Wildman–Crippen MR) is 166 cm³/mol. The van der Waals surface area contributed by atoms with Gasteiger partial charge in [0.05, 0.1) is 30.3 Å². The van der Waals surface area contributed by atoms with Gasteiger partial charge in [0.2, 0.25) is 0 Å². The molecule has 228 valence electrons. The van der Waals surface area contributed by atoms with E-state index in [0.29, 0.717) is 13.2 Å². The molecule has 1 heterocycles. The molecule has 0 amide bonds. The van der Waals surface area contributed by atoms with E-state index in [1.807, 2.05) is 91.0 Å². The lowest BCUT2D eigenvalue weighted by molar-refractivity contribution is -0.384. The van der Waals surface area contributed by atoms with Gasteiger partial charge in [-0.1, -0.05) is 107 Å². The molecule has 0 bridgehead atoms. The lowest BCUT2D eigenvalue weighted by Crippen LogP contribution is -2.59. The van der Waals surface area contributed by atoms with E-state index < -0.39 is 40.3 Å². The Bertz CT molecular complexity index is 1470. The van der Waals surface area contributed by atoms with Crippen molar-refractivity contribution in [1.82, 2.24) is 0 Å². The first-order valence-electron chi connectivity index (χ1n) is 14.2. The zero-order valence-corrected chi connectivity index (χ0v) is 25.4. The second kappa shape index (κ2) is 15.7. The predicted octanol–water partition coefficient (Wildman–Crippen LogP) is 6.63. The molecule has 5 rings (SSSR count). The number of esters is 1. The summed E-state index contributed by atoms with van der Waals surface area (Å²) in [5.41, 5.74) is 3.00. The van der Waals surface area contributed by atoms with Crippen molar-refractivity contribution < 1.29 is 33.4 Å². The van der Waals surface area contributed by atoms with Crippen LogP contribution in [0.2, 0.25) is 0 Å². The number of hydrogen-bond acceptors (Lipinski definition) is 8. The molecule has 0 radical (unpaired) electrons. The second-order valence-electron chi connectivity index (χ2n) is 10.2. The number of nitro benzene ring substituents is 1. The van der Waals surface area contributed by atoms with Crippen LogP contribution in [0.1, 0.15) is 27.0 Å². The standard InChI is InChI=1S/C34H32BrNO8/c35-33-32(42-22-26-14-8-3-9-15-26)31(41-21-25-12-6-2-7-13-25)30(40-20-24-10-4-1-5-11-24)29(44-33)23-43-34(37)27-16-18-28(19-17-27)36(38)39/h1-19,29-33H,20-23H2/t29-,30-,31+,32-,33+/m1/s1. The molecule has 1 saturated heterocycles. The average molecular weight is 663 g/mol. The fourth-order valence-corrected chi connectivity index (χ4v) is 5.56. The molecule has 1 aliphatic heterocycles. The summed E-state index contributed by atoms with van der Waals surface area (Å²) in [4.78, 5) is 23.4. The van der Waals surface area contributed by atoms with Crippen molar-refractivity contribution in [2.75, 3.05) is 6.61 Å². The van der Waals surface area contributed by atoms with Crippen molar-refractivity contribution in [2.45, 2.75) is 49.2 Å². The van der Waals surface area contributed by atoms with Crippen molar-refractivity contribution >= 4 is 27.6 Å². The summed E-state index contributed by atoms with van der Waals surface area (Å²) >= 11 is 3.65. The van der Waals surface area contributed by atoms with Crippen molar-refractivity contribution in [3.8, 4) is 0 Å². The van der Waals surface area contributed by atoms with Gasteiger partial charge in [-0.3, -0.25) is 10.1 Å². The van der Waals surface area contributed by atoms with Gasteiger partial charge in [0.25, 0.3) is 5.69 Å². The summed E-state index contributed by atoms with van der Waals surface area (Å²) in [6, 6.07) is 34.6. The molecule has 10 heteroatoms. The van der Waals surface area contributed by atoms with E-state index in [2.05, 4.69) is 15.9 Å². The Morgan fingerprint density at radius 2 is 1.14 bits per heavy atom. The van der Waals surface area contributed by atoms with Crippen LogP contribution in [-0.2, 0) is 43.5 Å². The molecule has 0 N–H and O–H groups in total. The van der Waals surface area contributed by atoms with Crippen LogP contribution in [0.3, 0.4) is 0 Å². The van der Waals surface area contributed by atoms with Crippen LogP contribution >= 0.6 is 15.9 Å². The largest absolute Gasteiger partial charge is 0.459 e. The highest BCUT2D eigenvalue weighted by molar-refractivity contribution is 9.09. The number of hydrogen-bond donors (Lipinski definition) is 0. The third-order valence-corrected chi connectivity index (χ3v) is 7.86. The van der Waals surface area contributed by atoms with Crippen LogP contribution in [0, 0.1) is 10.1 Å². The fraction of sp³-hybridized carbons (Fsp3) is 0.265. The first kappa shape index (κ1) is 31.5. The van der Waals surface area contributed by atoms with Crippen molar-refractivity contribution in [3.05, 3.63) is 148 Å². The number of ether oxygens (including phenoxy) is 5. The maximum absolute atomic E-state index is 12.9. The minimum atomic E-state index is -0.720. The third kappa shape index (κ3) is 8.58. The molecular weight excluding hydrogens is 630 g/mol. The summed E-state index contributed by atoms with van der Waals surface area (Å²) in [6.07, 6.45) is -2.58. The summed E-state index contributed by atoms with van der Waals surface area (Å²) in [6.45, 7) is 0.753. The first-order valence-corrected chi connectivity index (χ1v) is 15.1. The van der Waals surface area contributed by atoms with Gasteiger partial charge in [-0.25, -0.2) is 4.79 Å². The topological polar surface area (TPSA) is 106 Å². The molecule has 9 nitrogen and oxygen atoms in total. The van der Waals surface area contributed by atoms with Gasteiger partial charge in [0, 0.05) is 12.1 Å². The minimum absolute atomic E-state index is 0.117. The lowest BCUT2D eigenvalue weighted by Gasteiger charge is -2.44. The molecule has 4 aromatic carbocycles. The molecule has 44 heavy (non-hydrogen) atoms. The van der Waals surface area contributed by atoms with Crippen molar-refractivity contribution in [3.63, 3.8) is 0 Å². The average Bonchev–Trinajstić information content (AvgIpc) is 3.06. The van der Waals surface area contributed by atoms with Gasteiger partial charge in [-0.05, 0) is 28.8 Å². The monoisotopic (exact) mass is 661 g/mol. The fourth-order valence-electron chi connectivity index (χ4n) is 4.83. The van der Waals surface area contributed by atoms with E-state index in [4.69, 9.17) is 23.7 Å². The van der Waals surface area contributed by atoms with Crippen LogP contribution in [0.5, 0.6) is 0 Å². The Labute approximate surface area is 263 Å². The van der Waals surface area contributed by atoms with E-state index in [1.54, 1.807) is 0 Å². The van der Waals surface area contributed by atoms with E-state index in [1.165, 1.54) is 24.3 Å². The zero-order valence-electron chi connectivity index (χ0n) is 23.8. The summed E-state index contributed by atoms with van der Waals surface area (Å²) in [7, 11) is 0. The van der Waals surface area contributed by atoms with Crippen LogP contribution in [0.4, 0.5) is 5.69 Å². The molecule has 0 aromatic heterocycles. The van der Waals surface area contributed by atoms with E-state index in [0.717, 1.165) is 16.7 Å². The quantitative estimate of drug-likeness (QED) is 0.0680. The van der Waals surface area contributed by atoms with Gasteiger partial charge < -0.3 is 23.7 Å². The first-order chi connectivity index (χ1) is 21.5. The van der Waals surface area contributed by atoms with Crippen LogP contribution < -0.4 is 0 Å². The molecular formula is C34H32BrNO8. The van der Waals surface area contributed by atoms with Gasteiger partial charge in [0.1, 0.15) is 36.0 Å². The van der Waals surface area contributed by atoms with Crippen LogP contribution in [-0.4, -0.2) is 46.9 Å². The highest BCUT2D eigenvalue weighted by Gasteiger charge is 2.48. The van der Waals surface area contributed by atoms with Gasteiger partial charge in [0.15, 0.2) is 0 Å². The Kier molecular flexibility index (Phi) is 11.2. The van der Waals surface area contributed by atoms with Crippen molar-refractivity contribution in [2.24, 2.45) is 0 Å². The van der Waals surface area contributed by atoms with Crippen molar-refractivity contribution in [1.29, 1.82) is 0 Å². The number of halogens is 1. The maximum atomic E-state index is 12.9. The molecule has 1 aliphatic rings. The highest BCUT2D eigenvalue weighted by Crippen LogP contribution is 2.33. The van der Waals surface area contributed by atoms with Gasteiger partial charge in [-0.15, -0.1) is 0 Å². The van der Waals surface area contributed by atoms with E-state index >= 15 is 0 Å². The van der Waals surface area contributed by atoms with Crippen LogP contribution in [0.15, 0.2) is 115 Å². The zero-order chi connectivity index (χ0) is 30.7. The molecule has 0 spiro atoms. The number of alkyl halides is 1. The van der Waals surface area contributed by atoms with Gasteiger partial charge in [-0.2, -0.15) is 0 Å². The summed E-state index contributed by atoms with van der Waals surface area (Å²) in [5.74, 6) is -0.638. The summed E-state index contributed by atoms with van der Waals surface area (Å²) in [5, 5.41) is 10.4. The highest BCUT2D eigenvalue weighted by atomic mass is 79.9. The number of nitrogens with zero attached hydrogens (tertiary/aromatic N) is 1. The SMILES string of the molecule is O=C(OC[C@H]1O[C@H](Br)[C@H](OCc2ccccc2)[C@@H](OCc2ccccc2)[C@@H]1OCc1ccccc1)c1ccc([N+](=O)[O-])cc1. The Balaban J connectivity index is 1.37. The number of carbonyl (C=O) groups is 1. The Hall–Kier alpha value is -3.93. The molecule has 0 unspecified atom stereocenters. The smallest absolute Gasteiger partial charge is 0.338 e. The van der Waals surface area contributed by atoms with E-state index in [-0.39, 0.29) is 24.5 Å². The Morgan fingerprint density at radius 1 is 0.682 bits per heavy atom. The number of benzene rings is 4. The molecule has 4 aromatic rings. The molecule has 5 atom stereocenters. The lowest BCUT2D eigenvalue weighted by atomic mass is 9.99. The number of non-ortho nitro benzene ring substituents is 1. The number of rotatable bonds is 13. The Morgan fingerprint density at radius 3 is 1.61 bits per heavy atom. The second-order valence-corrected chi connectivity index (χ2v) is 11.1. The molecule has 1 fully saturated rings. The third-order valence-electron chi connectivity index (χ3n) is 7.13. The molecule has 0 aliphatic carbocycles. The van der Waals surface area contributed by atoms with E-state index in [9.17, 15) is 14.9 Å². The summed E-state index contributed by atoms with van der Waals surface area (Å²) < 4.78 is 31.4. The van der Waals surface area contributed by atoms with Gasteiger partial charge >= 0.3 is 5.97 Å². The molecule has 0 saturated carbocycles. The maximum Gasteiger partial charge on any atom is 0.338 e. The minimum Gasteiger partial charge on any atom is -0.459 e. The number of nitro groups is 1. The van der Waals surface area contributed by atoms with Crippen LogP contribution in [0.25, 0.3) is 0 Å². The number of carbonyl (C=O) groups excluding carboxylic acids is 1.